The van der Waals surface area contributed by atoms with Crippen LogP contribution in [0.1, 0.15) is 144 Å². The maximum Gasteiger partial charge on any atom is 0.475 e. The molecule has 6 heteroatoms. The molecule has 0 N–H and O–H groups in total. The van der Waals surface area contributed by atoms with Crippen LogP contribution >= 0.6 is 17.7 Å². The molecule has 0 fully saturated rings. The number of phosphoric ester groups is 1. The van der Waals surface area contributed by atoms with Crippen molar-refractivity contribution >= 4 is 17.7 Å². The lowest BCUT2D eigenvalue weighted by molar-refractivity contribution is -0.00758. The fourth-order valence-corrected chi connectivity index (χ4v) is 5.66. The SMILES string of the molecule is CCCCCCCCOP(=O)(OCCCCCCCC)OC(CC)(CCC)CCC.P. The Bertz CT molecular complexity index is 390. The molecule has 0 aromatic carbocycles. The second kappa shape index (κ2) is 22.3. The number of rotatable bonds is 23. The fraction of sp³-hybridized carbons (Fsp3) is 1.00. The number of hydrogen-bond acceptors (Lipinski definition) is 4. The highest BCUT2D eigenvalue weighted by atomic mass is 31.2. The van der Waals surface area contributed by atoms with Gasteiger partial charge in [-0.3, -0.25) is 13.6 Å². The first-order valence-electron chi connectivity index (χ1n) is 13.1. The van der Waals surface area contributed by atoms with E-state index in [4.69, 9.17) is 13.6 Å². The Kier molecular flexibility index (Phi) is 24.3. The predicted octanol–water partition coefficient (Wildman–Crippen LogP) is 9.67. The second-order valence-corrected chi connectivity index (χ2v) is 10.4. The van der Waals surface area contributed by atoms with Crippen LogP contribution in [0.25, 0.3) is 0 Å². The quantitative estimate of drug-likeness (QED) is 0.107. The van der Waals surface area contributed by atoms with Gasteiger partial charge in [-0.2, -0.15) is 9.90 Å². The Hall–Kier alpha value is 0.540. The topological polar surface area (TPSA) is 44.8 Å². The molecule has 1 unspecified atom stereocenters. The zero-order valence-corrected chi connectivity index (χ0v) is 24.0. The third-order valence-corrected chi connectivity index (χ3v) is 7.46. The molecular formula is C25H56O4P2. The largest absolute Gasteiger partial charge is 0.475 e. The van der Waals surface area contributed by atoms with Gasteiger partial charge in [0.2, 0.25) is 0 Å². The summed E-state index contributed by atoms with van der Waals surface area (Å²) in [6.45, 7) is 11.8. The molecular weight excluding hydrogens is 426 g/mol. The van der Waals surface area contributed by atoms with Crippen molar-refractivity contribution in [3.63, 3.8) is 0 Å². The lowest BCUT2D eigenvalue weighted by Crippen LogP contribution is -2.31. The van der Waals surface area contributed by atoms with Gasteiger partial charge in [0.15, 0.2) is 0 Å². The van der Waals surface area contributed by atoms with Gasteiger partial charge in [-0.1, -0.05) is 112 Å². The first-order valence-corrected chi connectivity index (χ1v) is 14.6. The number of phosphoric acid groups is 1. The summed E-state index contributed by atoms with van der Waals surface area (Å²) in [5.74, 6) is 0. The van der Waals surface area contributed by atoms with Crippen LogP contribution in [0.15, 0.2) is 0 Å². The molecule has 0 aliphatic rings. The van der Waals surface area contributed by atoms with E-state index in [1.807, 2.05) is 0 Å². The van der Waals surface area contributed by atoms with Crippen LogP contribution in [0, 0.1) is 0 Å². The van der Waals surface area contributed by atoms with E-state index >= 15 is 0 Å². The molecule has 31 heavy (non-hydrogen) atoms. The minimum atomic E-state index is -3.54. The zero-order valence-electron chi connectivity index (χ0n) is 21.7. The number of hydrogen-bond donors (Lipinski definition) is 0. The van der Waals surface area contributed by atoms with Crippen LogP contribution in [0.3, 0.4) is 0 Å². The van der Waals surface area contributed by atoms with Gasteiger partial charge in [0.1, 0.15) is 0 Å². The average Bonchev–Trinajstić information content (AvgIpc) is 2.73. The maximum atomic E-state index is 13.5. The predicted molar refractivity (Wildman–Crippen MR) is 141 cm³/mol. The molecule has 0 aliphatic heterocycles. The third-order valence-electron chi connectivity index (χ3n) is 5.86. The molecule has 0 saturated heterocycles. The summed E-state index contributed by atoms with van der Waals surface area (Å²) < 4.78 is 31.5. The highest BCUT2D eigenvalue weighted by Crippen LogP contribution is 2.55. The van der Waals surface area contributed by atoms with Crippen molar-refractivity contribution in [1.82, 2.24) is 0 Å². The Morgan fingerprint density at radius 1 is 0.581 bits per heavy atom. The van der Waals surface area contributed by atoms with E-state index in [0.717, 1.165) is 57.8 Å². The lowest BCUT2D eigenvalue weighted by Gasteiger charge is -2.35. The summed E-state index contributed by atoms with van der Waals surface area (Å²) in [6.07, 6.45) is 18.7. The van der Waals surface area contributed by atoms with Crippen LogP contribution in [-0.2, 0) is 18.1 Å². The molecule has 190 valence electrons. The van der Waals surface area contributed by atoms with Crippen molar-refractivity contribution < 1.29 is 18.1 Å². The standard InChI is InChI=1S/C25H53O4P.H3P/c1-6-11-13-15-17-19-23-27-30(26,28-24-20-18-16-14-12-7-2)29-25(10-5,21-8-3)22-9-4;/h6-24H2,1-5H3;1H3. The Morgan fingerprint density at radius 3 is 1.32 bits per heavy atom. The minimum Gasteiger partial charge on any atom is -0.287 e. The molecule has 0 amide bonds. The summed E-state index contributed by atoms with van der Waals surface area (Å²) in [4.78, 5) is 0. The van der Waals surface area contributed by atoms with Crippen molar-refractivity contribution in [1.29, 1.82) is 0 Å². The van der Waals surface area contributed by atoms with E-state index in [9.17, 15) is 4.57 Å². The third kappa shape index (κ3) is 17.7. The molecule has 0 bridgehead atoms. The zero-order chi connectivity index (χ0) is 22.6. The van der Waals surface area contributed by atoms with Crippen LogP contribution in [0.4, 0.5) is 0 Å². The summed E-state index contributed by atoms with van der Waals surface area (Å²) in [7, 11) is -3.54. The molecule has 0 rings (SSSR count). The van der Waals surface area contributed by atoms with Gasteiger partial charge in [0.25, 0.3) is 0 Å². The first kappa shape index (κ1) is 33.7. The average molecular weight is 483 g/mol. The smallest absolute Gasteiger partial charge is 0.287 e. The van der Waals surface area contributed by atoms with Crippen molar-refractivity contribution in [3.05, 3.63) is 0 Å². The Morgan fingerprint density at radius 2 is 0.968 bits per heavy atom. The lowest BCUT2D eigenvalue weighted by atomic mass is 9.90. The summed E-state index contributed by atoms with van der Waals surface area (Å²) in [5.41, 5.74) is -0.402. The molecule has 1 atom stereocenters. The minimum absolute atomic E-state index is 0. The molecule has 0 heterocycles. The van der Waals surface area contributed by atoms with Crippen molar-refractivity contribution in [2.24, 2.45) is 0 Å². The molecule has 4 nitrogen and oxygen atoms in total. The van der Waals surface area contributed by atoms with E-state index < -0.39 is 13.4 Å². The highest BCUT2D eigenvalue weighted by molar-refractivity contribution is 7.48. The van der Waals surface area contributed by atoms with Crippen molar-refractivity contribution in [2.75, 3.05) is 13.2 Å². The van der Waals surface area contributed by atoms with Crippen LogP contribution in [0.2, 0.25) is 0 Å². The van der Waals surface area contributed by atoms with Gasteiger partial charge in [-0.05, 0) is 32.1 Å². The molecule has 0 spiro atoms. The summed E-state index contributed by atoms with van der Waals surface area (Å²) >= 11 is 0. The van der Waals surface area contributed by atoms with E-state index in [-0.39, 0.29) is 9.90 Å². The molecule has 0 aromatic heterocycles. The fourth-order valence-electron chi connectivity index (χ4n) is 3.99. The van der Waals surface area contributed by atoms with Gasteiger partial charge in [-0.25, -0.2) is 4.57 Å². The van der Waals surface area contributed by atoms with E-state index in [2.05, 4.69) is 34.6 Å². The Labute approximate surface area is 198 Å². The van der Waals surface area contributed by atoms with Crippen LogP contribution < -0.4 is 0 Å². The van der Waals surface area contributed by atoms with E-state index in [1.54, 1.807) is 0 Å². The van der Waals surface area contributed by atoms with Crippen molar-refractivity contribution in [3.8, 4) is 0 Å². The molecule has 0 aliphatic carbocycles. The second-order valence-electron chi connectivity index (χ2n) is 8.78. The van der Waals surface area contributed by atoms with Gasteiger partial charge >= 0.3 is 7.82 Å². The monoisotopic (exact) mass is 482 g/mol. The summed E-state index contributed by atoms with van der Waals surface area (Å²) in [6, 6.07) is 0. The van der Waals surface area contributed by atoms with Crippen LogP contribution in [0.5, 0.6) is 0 Å². The first-order chi connectivity index (χ1) is 14.5. The van der Waals surface area contributed by atoms with Crippen LogP contribution in [-0.4, -0.2) is 18.8 Å². The van der Waals surface area contributed by atoms with Gasteiger partial charge < -0.3 is 0 Å². The van der Waals surface area contributed by atoms with Gasteiger partial charge in [0, 0.05) is 0 Å². The van der Waals surface area contributed by atoms with Crippen molar-refractivity contribution in [2.45, 2.75) is 149 Å². The van der Waals surface area contributed by atoms with Gasteiger partial charge in [0.05, 0.1) is 18.8 Å². The van der Waals surface area contributed by atoms with E-state index in [0.29, 0.717) is 13.2 Å². The summed E-state index contributed by atoms with van der Waals surface area (Å²) in [5, 5.41) is 0. The molecule has 0 radical (unpaired) electrons. The van der Waals surface area contributed by atoms with Gasteiger partial charge in [-0.15, -0.1) is 0 Å². The molecule has 0 saturated carbocycles. The Balaban J connectivity index is 0. The maximum absolute atomic E-state index is 13.5. The van der Waals surface area contributed by atoms with E-state index in [1.165, 1.54) is 51.4 Å². The normalized spacial score (nSPS) is 12.2. The molecule has 0 aromatic rings. The highest BCUT2D eigenvalue weighted by Gasteiger charge is 2.39. The number of unbranched alkanes of at least 4 members (excludes halogenated alkanes) is 10.